The molecule has 4 heterocycles. The number of nitrogens with zero attached hydrogens (tertiary/aromatic N) is 5. The van der Waals surface area contributed by atoms with Crippen molar-refractivity contribution < 1.29 is 4.74 Å². The van der Waals surface area contributed by atoms with E-state index < -0.39 is 0 Å². The fourth-order valence-corrected chi connectivity index (χ4v) is 5.63. The van der Waals surface area contributed by atoms with Gasteiger partial charge in [-0.15, -0.1) is 0 Å². The Bertz CT molecular complexity index is 1710. The number of aromatic nitrogens is 4. The predicted octanol–water partition coefficient (Wildman–Crippen LogP) is 3.78. The number of fused-ring (bicyclic) bond motifs is 2. The number of thioether (sulfide) groups is 1. The molecule has 1 saturated heterocycles. The minimum Gasteiger partial charge on any atom is -0.378 e. The maximum Gasteiger partial charge on any atom is 0.262 e. The maximum atomic E-state index is 13.8. The standard InChI is InChI=1S/C29H27N5O3S/c35-27-18-22(30-26-8-4-5-12-33(26)27)20-38-29-31-25-10-9-23(32-14-16-37-17-15-32)19-24(25)28(36)34(29)13-11-21-6-2-1-3-7-21/h1-10,12,18-19H,11,13-17,20H2. The van der Waals surface area contributed by atoms with Gasteiger partial charge < -0.3 is 9.64 Å². The summed E-state index contributed by atoms with van der Waals surface area (Å²) >= 11 is 1.43. The van der Waals surface area contributed by atoms with Gasteiger partial charge in [0.15, 0.2) is 5.16 Å². The highest BCUT2D eigenvalue weighted by atomic mass is 32.2. The van der Waals surface area contributed by atoms with E-state index in [1.165, 1.54) is 16.2 Å². The maximum absolute atomic E-state index is 13.8. The van der Waals surface area contributed by atoms with Crippen LogP contribution in [0.1, 0.15) is 11.3 Å². The van der Waals surface area contributed by atoms with Crippen molar-refractivity contribution in [2.75, 3.05) is 31.2 Å². The van der Waals surface area contributed by atoms with Crippen LogP contribution in [0.3, 0.4) is 0 Å². The highest BCUT2D eigenvalue weighted by molar-refractivity contribution is 7.98. The molecule has 1 aliphatic heterocycles. The number of benzene rings is 2. The van der Waals surface area contributed by atoms with Crippen molar-refractivity contribution in [2.24, 2.45) is 0 Å². The summed E-state index contributed by atoms with van der Waals surface area (Å²) < 4.78 is 8.77. The van der Waals surface area contributed by atoms with E-state index in [1.54, 1.807) is 22.9 Å². The number of anilines is 1. The van der Waals surface area contributed by atoms with Crippen molar-refractivity contribution in [2.45, 2.75) is 23.9 Å². The lowest BCUT2D eigenvalue weighted by atomic mass is 10.1. The third-order valence-electron chi connectivity index (χ3n) is 6.72. The molecule has 0 saturated carbocycles. The molecule has 1 aliphatic rings. The smallest absolute Gasteiger partial charge is 0.262 e. The molecule has 9 heteroatoms. The summed E-state index contributed by atoms with van der Waals surface area (Å²) in [5.74, 6) is 0.426. The molecule has 0 aliphatic carbocycles. The van der Waals surface area contributed by atoms with Crippen LogP contribution >= 0.6 is 11.8 Å². The van der Waals surface area contributed by atoms with Gasteiger partial charge in [0.25, 0.3) is 11.1 Å². The Hall–Kier alpha value is -3.95. The van der Waals surface area contributed by atoms with Crippen LogP contribution in [0, 0.1) is 0 Å². The second-order valence-electron chi connectivity index (χ2n) is 9.19. The number of rotatable bonds is 7. The summed E-state index contributed by atoms with van der Waals surface area (Å²) in [5, 5.41) is 1.22. The minimum absolute atomic E-state index is 0.0601. The van der Waals surface area contributed by atoms with Crippen LogP contribution in [0.25, 0.3) is 16.6 Å². The van der Waals surface area contributed by atoms with Gasteiger partial charge in [0, 0.05) is 43.3 Å². The molecule has 0 spiro atoms. The molecular formula is C29H27N5O3S. The monoisotopic (exact) mass is 525 g/mol. The highest BCUT2D eigenvalue weighted by Crippen LogP contribution is 2.25. The van der Waals surface area contributed by atoms with Gasteiger partial charge in [0.1, 0.15) is 5.65 Å². The topological polar surface area (TPSA) is 81.7 Å². The Morgan fingerprint density at radius 1 is 0.895 bits per heavy atom. The quantitative estimate of drug-likeness (QED) is 0.236. The third kappa shape index (κ3) is 5.07. The second kappa shape index (κ2) is 10.8. The first-order chi connectivity index (χ1) is 18.7. The van der Waals surface area contributed by atoms with Crippen LogP contribution in [-0.4, -0.2) is 45.2 Å². The lowest BCUT2D eigenvalue weighted by molar-refractivity contribution is 0.122. The Morgan fingerprint density at radius 3 is 2.55 bits per heavy atom. The second-order valence-corrected chi connectivity index (χ2v) is 10.1. The van der Waals surface area contributed by atoms with E-state index in [9.17, 15) is 9.59 Å². The molecule has 3 aromatic heterocycles. The van der Waals surface area contributed by atoms with Crippen LogP contribution in [0.4, 0.5) is 5.69 Å². The lowest BCUT2D eigenvalue weighted by Gasteiger charge is -2.29. The molecule has 38 heavy (non-hydrogen) atoms. The van der Waals surface area contributed by atoms with E-state index in [2.05, 4.69) is 22.0 Å². The lowest BCUT2D eigenvalue weighted by Crippen LogP contribution is -2.36. The molecule has 1 fully saturated rings. The molecular weight excluding hydrogens is 498 g/mol. The van der Waals surface area contributed by atoms with Crippen LogP contribution in [0.15, 0.2) is 93.7 Å². The van der Waals surface area contributed by atoms with Crippen molar-refractivity contribution in [3.05, 3.63) is 111 Å². The first-order valence-electron chi connectivity index (χ1n) is 12.7. The van der Waals surface area contributed by atoms with E-state index in [-0.39, 0.29) is 11.1 Å². The Morgan fingerprint density at radius 2 is 1.71 bits per heavy atom. The fraction of sp³-hybridized carbons (Fsp3) is 0.241. The molecule has 5 aromatic rings. The Balaban J connectivity index is 1.36. The molecule has 0 radical (unpaired) electrons. The number of morpholine rings is 1. The number of ether oxygens (including phenoxy) is 1. The summed E-state index contributed by atoms with van der Waals surface area (Å²) in [6.07, 6.45) is 2.42. The average molecular weight is 526 g/mol. The van der Waals surface area contributed by atoms with Crippen LogP contribution in [-0.2, 0) is 23.5 Å². The van der Waals surface area contributed by atoms with E-state index in [1.807, 2.05) is 48.5 Å². The molecule has 0 atom stereocenters. The van der Waals surface area contributed by atoms with Crippen molar-refractivity contribution in [3.8, 4) is 0 Å². The highest BCUT2D eigenvalue weighted by Gasteiger charge is 2.16. The average Bonchev–Trinajstić information content (AvgIpc) is 2.96. The first-order valence-corrected chi connectivity index (χ1v) is 13.7. The van der Waals surface area contributed by atoms with E-state index in [0.717, 1.165) is 24.3 Å². The molecule has 2 aromatic carbocycles. The minimum atomic E-state index is -0.130. The number of hydrogen-bond donors (Lipinski definition) is 0. The summed E-state index contributed by atoms with van der Waals surface area (Å²) in [5.41, 5.74) is 3.89. The zero-order chi connectivity index (χ0) is 25.9. The summed E-state index contributed by atoms with van der Waals surface area (Å²) in [6, 6.07) is 23.0. The zero-order valence-corrected chi connectivity index (χ0v) is 21.6. The summed E-state index contributed by atoms with van der Waals surface area (Å²) in [7, 11) is 0. The number of aryl methyl sites for hydroxylation is 1. The van der Waals surface area contributed by atoms with Crippen molar-refractivity contribution in [3.63, 3.8) is 0 Å². The van der Waals surface area contributed by atoms with Crippen LogP contribution < -0.4 is 16.0 Å². The molecule has 0 amide bonds. The Kier molecular flexibility index (Phi) is 6.94. The van der Waals surface area contributed by atoms with Crippen molar-refractivity contribution in [1.82, 2.24) is 18.9 Å². The molecule has 6 rings (SSSR count). The molecule has 0 unspecified atom stereocenters. The number of pyridine rings is 1. The molecule has 0 bridgehead atoms. The van der Waals surface area contributed by atoms with Gasteiger partial charge in [0.05, 0.1) is 29.8 Å². The molecule has 192 valence electrons. The van der Waals surface area contributed by atoms with E-state index >= 15 is 0 Å². The third-order valence-corrected chi connectivity index (χ3v) is 7.73. The van der Waals surface area contributed by atoms with Gasteiger partial charge in [-0.25, -0.2) is 9.97 Å². The van der Waals surface area contributed by atoms with Gasteiger partial charge >= 0.3 is 0 Å². The summed E-state index contributed by atoms with van der Waals surface area (Å²) in [6.45, 7) is 3.46. The first kappa shape index (κ1) is 24.4. The SMILES string of the molecule is O=c1c2cc(N3CCOCC3)ccc2nc(SCc2cc(=O)n3ccccc3n2)n1CCc1ccccc1. The number of hydrogen-bond acceptors (Lipinski definition) is 7. The summed E-state index contributed by atoms with van der Waals surface area (Å²) in [4.78, 5) is 38.2. The van der Waals surface area contributed by atoms with Crippen LogP contribution in [0.5, 0.6) is 0 Å². The Labute approximate surface area is 223 Å². The predicted molar refractivity (Wildman–Crippen MR) is 150 cm³/mol. The van der Waals surface area contributed by atoms with Crippen molar-refractivity contribution in [1.29, 1.82) is 0 Å². The van der Waals surface area contributed by atoms with Gasteiger partial charge in [-0.3, -0.25) is 18.6 Å². The largest absolute Gasteiger partial charge is 0.378 e. The van der Waals surface area contributed by atoms with Gasteiger partial charge in [0.2, 0.25) is 0 Å². The van der Waals surface area contributed by atoms with Gasteiger partial charge in [-0.05, 0) is 42.3 Å². The molecule has 0 N–H and O–H groups in total. The van der Waals surface area contributed by atoms with Crippen LogP contribution in [0.2, 0.25) is 0 Å². The van der Waals surface area contributed by atoms with Gasteiger partial charge in [-0.2, -0.15) is 0 Å². The van der Waals surface area contributed by atoms with E-state index in [4.69, 9.17) is 9.72 Å². The van der Waals surface area contributed by atoms with Crippen molar-refractivity contribution >= 4 is 34.0 Å². The van der Waals surface area contributed by atoms with E-state index in [0.29, 0.717) is 59.3 Å². The molecule has 8 nitrogen and oxygen atoms in total. The van der Waals surface area contributed by atoms with Gasteiger partial charge in [-0.1, -0.05) is 48.2 Å². The normalized spacial score (nSPS) is 13.8. The fourth-order valence-electron chi connectivity index (χ4n) is 4.72. The zero-order valence-electron chi connectivity index (χ0n) is 20.8.